The van der Waals surface area contributed by atoms with Crippen molar-refractivity contribution in [3.05, 3.63) is 30.0 Å². The highest BCUT2D eigenvalue weighted by Crippen LogP contribution is 2.44. The van der Waals surface area contributed by atoms with Crippen LogP contribution >= 0.6 is 11.5 Å². The molecule has 0 spiro atoms. The van der Waals surface area contributed by atoms with Gasteiger partial charge in [-0.25, -0.2) is 15.1 Å². The Kier molecular flexibility index (Phi) is 4.41. The number of aromatic amines is 1. The van der Waals surface area contributed by atoms with Gasteiger partial charge in [-0.1, -0.05) is 0 Å². The molecule has 0 aliphatic rings. The van der Waals surface area contributed by atoms with Gasteiger partial charge < -0.3 is 10.2 Å². The van der Waals surface area contributed by atoms with Gasteiger partial charge in [0.05, 0.1) is 6.20 Å². The molecule has 0 unspecified atom stereocenters. The third-order valence-electron chi connectivity index (χ3n) is 3.68. The normalized spacial score (nSPS) is 11.9. The summed E-state index contributed by atoms with van der Waals surface area (Å²) < 4.78 is 4.18. The Labute approximate surface area is 160 Å². The Morgan fingerprint density at radius 1 is 1.04 bits per heavy atom. The molecule has 0 bridgehead atoms. The molecular formula is C15H12N10O2S. The maximum atomic E-state index is 10.3. The van der Waals surface area contributed by atoms with E-state index < -0.39 is 0 Å². The minimum absolute atomic E-state index is 0.0924. The zero-order chi connectivity index (χ0) is 19.7. The summed E-state index contributed by atoms with van der Waals surface area (Å²) in [6, 6.07) is 1.35. The smallest absolute Gasteiger partial charge is 0.265 e. The molecule has 0 saturated carbocycles. The van der Waals surface area contributed by atoms with E-state index in [2.05, 4.69) is 50.0 Å². The van der Waals surface area contributed by atoms with Crippen LogP contribution in [0, 0.1) is 13.8 Å². The van der Waals surface area contributed by atoms with Crippen molar-refractivity contribution >= 4 is 44.9 Å². The van der Waals surface area contributed by atoms with Crippen molar-refractivity contribution in [1.82, 2.24) is 29.5 Å². The first kappa shape index (κ1) is 17.5. The van der Waals surface area contributed by atoms with Crippen molar-refractivity contribution in [3.8, 4) is 11.5 Å². The number of fused-ring (bicyclic) bond motifs is 1. The van der Waals surface area contributed by atoms with Gasteiger partial charge in [0.2, 0.25) is 0 Å². The quantitative estimate of drug-likeness (QED) is 0.436. The molecule has 3 heterocycles. The summed E-state index contributed by atoms with van der Waals surface area (Å²) in [5.41, 5.74) is 1.54. The Bertz CT molecular complexity index is 1230. The molecule has 0 amide bonds. The molecule has 0 radical (unpaired) electrons. The van der Waals surface area contributed by atoms with Crippen molar-refractivity contribution in [2.75, 3.05) is 0 Å². The largest absolute Gasteiger partial charge is 0.505 e. The van der Waals surface area contributed by atoms with Crippen LogP contribution in [0.5, 0.6) is 11.5 Å². The highest BCUT2D eigenvalue weighted by Gasteiger charge is 2.15. The lowest BCUT2D eigenvalue weighted by atomic mass is 10.1. The lowest BCUT2D eigenvalue weighted by Gasteiger charge is -2.06. The topological polar surface area (TPSA) is 170 Å². The first-order chi connectivity index (χ1) is 13.5. The molecule has 0 aliphatic heterocycles. The molecule has 0 aliphatic carbocycles. The second-order valence-corrected chi connectivity index (χ2v) is 6.34. The SMILES string of the molecule is Cc1n[nH]c(/N=N/c2cc(/N=N/c3snc4cncnc34)c(O)c(C)c2O)n1. The van der Waals surface area contributed by atoms with E-state index in [9.17, 15) is 10.2 Å². The average molecular weight is 396 g/mol. The van der Waals surface area contributed by atoms with Gasteiger partial charge in [-0.05, 0) is 25.4 Å². The van der Waals surface area contributed by atoms with E-state index >= 15 is 0 Å². The van der Waals surface area contributed by atoms with Crippen LogP contribution in [0.15, 0.2) is 39.0 Å². The van der Waals surface area contributed by atoms with Crippen LogP contribution in [0.1, 0.15) is 11.4 Å². The fourth-order valence-corrected chi connectivity index (χ4v) is 2.89. The maximum absolute atomic E-state index is 10.3. The van der Waals surface area contributed by atoms with E-state index in [1.165, 1.54) is 19.3 Å². The highest BCUT2D eigenvalue weighted by molar-refractivity contribution is 7.11. The van der Waals surface area contributed by atoms with Gasteiger partial charge in [-0.2, -0.15) is 14.5 Å². The number of benzene rings is 1. The van der Waals surface area contributed by atoms with Crippen LogP contribution < -0.4 is 0 Å². The lowest BCUT2D eigenvalue weighted by molar-refractivity contribution is 0.445. The van der Waals surface area contributed by atoms with Crippen molar-refractivity contribution in [2.45, 2.75) is 13.8 Å². The minimum Gasteiger partial charge on any atom is -0.505 e. The average Bonchev–Trinajstić information content (AvgIpc) is 3.31. The van der Waals surface area contributed by atoms with Gasteiger partial charge >= 0.3 is 0 Å². The van der Waals surface area contributed by atoms with Crippen LogP contribution in [0.2, 0.25) is 0 Å². The Morgan fingerprint density at radius 2 is 1.79 bits per heavy atom. The first-order valence-corrected chi connectivity index (χ1v) is 8.63. The van der Waals surface area contributed by atoms with Gasteiger partial charge in [0, 0.05) is 11.6 Å². The van der Waals surface area contributed by atoms with Gasteiger partial charge in [-0.3, -0.25) is 0 Å². The molecule has 4 rings (SSSR count). The summed E-state index contributed by atoms with van der Waals surface area (Å²) in [6.45, 7) is 3.22. The zero-order valence-electron chi connectivity index (χ0n) is 14.6. The first-order valence-electron chi connectivity index (χ1n) is 7.86. The molecule has 13 heteroatoms. The molecule has 140 valence electrons. The number of phenols is 2. The van der Waals surface area contributed by atoms with E-state index in [0.29, 0.717) is 21.9 Å². The summed E-state index contributed by atoms with van der Waals surface area (Å²) in [6.07, 6.45) is 2.96. The maximum Gasteiger partial charge on any atom is 0.265 e. The molecule has 0 saturated heterocycles. The molecule has 0 atom stereocenters. The number of hydrogen-bond donors (Lipinski definition) is 3. The second kappa shape index (κ2) is 7.03. The summed E-state index contributed by atoms with van der Waals surface area (Å²) >= 11 is 1.10. The van der Waals surface area contributed by atoms with Gasteiger partial charge in [0.15, 0.2) is 5.00 Å². The fraction of sp³-hybridized carbons (Fsp3) is 0.133. The molecule has 3 aromatic heterocycles. The summed E-state index contributed by atoms with van der Waals surface area (Å²) in [4.78, 5) is 12.0. The van der Waals surface area contributed by atoms with Gasteiger partial charge in [0.1, 0.15) is 46.1 Å². The second-order valence-electron chi connectivity index (χ2n) is 5.59. The number of phenolic OH excluding ortho intramolecular Hbond substituents is 2. The summed E-state index contributed by atoms with van der Waals surface area (Å²) in [5, 5.41) is 43.4. The number of azo groups is 2. The molecule has 1 aromatic carbocycles. The molecule has 12 nitrogen and oxygen atoms in total. The van der Waals surface area contributed by atoms with Crippen LogP contribution in [0.25, 0.3) is 11.0 Å². The molecular weight excluding hydrogens is 384 g/mol. The molecule has 4 aromatic rings. The molecule has 3 N–H and O–H groups in total. The Balaban J connectivity index is 1.70. The Hall–Kier alpha value is -3.87. The van der Waals surface area contributed by atoms with E-state index in [4.69, 9.17) is 0 Å². The van der Waals surface area contributed by atoms with Crippen LogP contribution in [-0.2, 0) is 0 Å². The van der Waals surface area contributed by atoms with Crippen LogP contribution in [0.3, 0.4) is 0 Å². The van der Waals surface area contributed by atoms with Gasteiger partial charge in [0.25, 0.3) is 5.95 Å². The number of aromatic hydroxyl groups is 2. The van der Waals surface area contributed by atoms with Crippen LogP contribution in [-0.4, -0.2) is 39.7 Å². The standard InChI is InChI=1S/C15H12N10O2S/c1-6-12(26)8(20-22-14-11-10(25-28-14)4-16-5-17-11)3-9(13(6)27)21-24-15-18-7(2)19-23-15/h3-5,26-27H,1-2H3,(H,18,19,23)/b22-20+,24-21+. The predicted octanol–water partition coefficient (Wildman–Crippen LogP) is 4.06. The van der Waals surface area contributed by atoms with E-state index in [-0.39, 0.29) is 34.4 Å². The number of hydrogen-bond acceptors (Lipinski definition) is 12. The number of aryl methyl sites for hydroxylation is 1. The number of rotatable bonds is 4. The van der Waals surface area contributed by atoms with Crippen molar-refractivity contribution in [2.24, 2.45) is 20.5 Å². The number of nitrogens with zero attached hydrogens (tertiary/aromatic N) is 9. The van der Waals surface area contributed by atoms with Crippen LogP contribution in [0.4, 0.5) is 22.3 Å². The zero-order valence-corrected chi connectivity index (χ0v) is 15.4. The molecule has 28 heavy (non-hydrogen) atoms. The third kappa shape index (κ3) is 3.25. The minimum atomic E-state index is -0.229. The molecule has 0 fully saturated rings. The monoisotopic (exact) mass is 396 g/mol. The number of aromatic nitrogens is 6. The number of H-pyrrole nitrogens is 1. The Morgan fingerprint density at radius 3 is 2.50 bits per heavy atom. The van der Waals surface area contributed by atoms with E-state index in [1.54, 1.807) is 13.1 Å². The highest BCUT2D eigenvalue weighted by atomic mass is 32.1. The predicted molar refractivity (Wildman–Crippen MR) is 99.2 cm³/mol. The van der Waals surface area contributed by atoms with E-state index in [1.807, 2.05) is 0 Å². The number of nitrogens with one attached hydrogen (secondary N) is 1. The lowest BCUT2D eigenvalue weighted by Crippen LogP contribution is -1.80. The summed E-state index contributed by atoms with van der Waals surface area (Å²) in [5.74, 6) is 0.239. The summed E-state index contributed by atoms with van der Waals surface area (Å²) in [7, 11) is 0. The third-order valence-corrected chi connectivity index (χ3v) is 4.42. The van der Waals surface area contributed by atoms with Crippen molar-refractivity contribution < 1.29 is 10.2 Å². The van der Waals surface area contributed by atoms with Gasteiger partial charge in [-0.15, -0.1) is 20.5 Å². The van der Waals surface area contributed by atoms with E-state index in [0.717, 1.165) is 11.5 Å². The fourth-order valence-electron chi connectivity index (χ4n) is 2.25. The van der Waals surface area contributed by atoms with Crippen molar-refractivity contribution in [1.29, 1.82) is 0 Å². The van der Waals surface area contributed by atoms with Crippen molar-refractivity contribution in [3.63, 3.8) is 0 Å².